The monoisotopic (exact) mass is 569 g/mol. The van der Waals surface area contributed by atoms with Crippen LogP contribution >= 0.6 is 27.5 Å². The molecule has 0 saturated carbocycles. The molecule has 1 aromatic carbocycles. The molecule has 0 spiro atoms. The molecular formula is C25H25BrClN7O2. The number of piperidine rings is 1. The maximum Gasteiger partial charge on any atom is 0.321 e. The molecule has 36 heavy (non-hydrogen) atoms. The van der Waals surface area contributed by atoms with Crippen molar-refractivity contribution in [3.8, 4) is 5.75 Å². The number of halogens is 2. The van der Waals surface area contributed by atoms with Gasteiger partial charge in [-0.1, -0.05) is 17.7 Å². The summed E-state index contributed by atoms with van der Waals surface area (Å²) in [6.45, 7) is 1.81. The number of aromatic nitrogens is 4. The molecule has 2 N–H and O–H groups in total. The molecule has 11 heteroatoms. The maximum absolute atomic E-state index is 13.1. The SMILES string of the molecule is COc1ccc(Cl)cc1NC(=O)N1CCCC(c2cc(NCc3cccnc3)n3ncc(Br)c3n2)C1. The van der Waals surface area contributed by atoms with E-state index >= 15 is 0 Å². The number of hydrogen-bond donors (Lipinski definition) is 2. The molecule has 1 aliphatic rings. The van der Waals surface area contributed by atoms with Crippen molar-refractivity contribution in [1.29, 1.82) is 0 Å². The minimum absolute atomic E-state index is 0.0801. The summed E-state index contributed by atoms with van der Waals surface area (Å²) < 4.78 is 7.96. The van der Waals surface area contributed by atoms with Crippen molar-refractivity contribution in [3.05, 3.63) is 75.7 Å². The number of likely N-dealkylation sites (tertiary alicyclic amines) is 1. The molecule has 1 unspecified atom stereocenters. The molecule has 1 aliphatic heterocycles. The van der Waals surface area contributed by atoms with Crippen molar-refractivity contribution in [2.75, 3.05) is 30.8 Å². The highest BCUT2D eigenvalue weighted by molar-refractivity contribution is 9.10. The lowest BCUT2D eigenvalue weighted by Crippen LogP contribution is -2.41. The van der Waals surface area contributed by atoms with Gasteiger partial charge in [-0.2, -0.15) is 9.61 Å². The van der Waals surface area contributed by atoms with Gasteiger partial charge >= 0.3 is 6.03 Å². The maximum atomic E-state index is 13.1. The average Bonchev–Trinajstić information content (AvgIpc) is 3.28. The minimum Gasteiger partial charge on any atom is -0.495 e. The van der Waals surface area contributed by atoms with Crippen molar-refractivity contribution in [1.82, 2.24) is 24.5 Å². The highest BCUT2D eigenvalue weighted by Gasteiger charge is 2.27. The minimum atomic E-state index is -0.193. The van der Waals surface area contributed by atoms with Gasteiger partial charge in [-0.25, -0.2) is 9.78 Å². The Morgan fingerprint density at radius 1 is 1.28 bits per heavy atom. The summed E-state index contributed by atoms with van der Waals surface area (Å²) in [5.74, 6) is 1.47. The third-order valence-electron chi connectivity index (χ3n) is 6.18. The van der Waals surface area contributed by atoms with E-state index in [1.54, 1.807) is 42.2 Å². The summed E-state index contributed by atoms with van der Waals surface area (Å²) in [6, 6.07) is 10.9. The Morgan fingerprint density at radius 2 is 2.17 bits per heavy atom. The second-order valence-electron chi connectivity index (χ2n) is 8.57. The number of nitrogens with zero attached hydrogens (tertiary/aromatic N) is 5. The van der Waals surface area contributed by atoms with E-state index in [0.717, 1.165) is 40.0 Å². The van der Waals surface area contributed by atoms with Gasteiger partial charge in [-0.05, 0) is 58.6 Å². The van der Waals surface area contributed by atoms with E-state index in [4.69, 9.17) is 21.3 Å². The number of urea groups is 1. The lowest BCUT2D eigenvalue weighted by atomic mass is 9.94. The van der Waals surface area contributed by atoms with Gasteiger partial charge in [0, 0.05) is 49.0 Å². The molecule has 1 atom stereocenters. The number of benzene rings is 1. The normalized spacial score (nSPS) is 15.6. The predicted octanol–water partition coefficient (Wildman–Crippen LogP) is 5.57. The average molecular weight is 571 g/mol. The number of hydrogen-bond acceptors (Lipinski definition) is 6. The fraction of sp³-hybridized carbons (Fsp3) is 0.280. The molecule has 0 radical (unpaired) electrons. The number of methoxy groups -OCH3 is 1. The van der Waals surface area contributed by atoms with Crippen LogP contribution in [0.25, 0.3) is 5.65 Å². The van der Waals surface area contributed by atoms with Crippen LogP contribution in [0.4, 0.5) is 16.3 Å². The van der Waals surface area contributed by atoms with Crippen molar-refractivity contribution in [3.63, 3.8) is 0 Å². The van der Waals surface area contributed by atoms with Crippen LogP contribution in [0.15, 0.2) is 59.5 Å². The molecular weight excluding hydrogens is 546 g/mol. The zero-order valence-corrected chi connectivity index (χ0v) is 22.0. The van der Waals surface area contributed by atoms with Crippen LogP contribution in [0.1, 0.15) is 30.0 Å². The number of rotatable bonds is 6. The van der Waals surface area contributed by atoms with E-state index in [1.807, 2.05) is 29.3 Å². The van der Waals surface area contributed by atoms with Crippen LogP contribution in [-0.2, 0) is 6.54 Å². The molecule has 4 heterocycles. The molecule has 3 aromatic heterocycles. The van der Waals surface area contributed by atoms with Gasteiger partial charge in [-0.15, -0.1) is 0 Å². The Morgan fingerprint density at radius 3 is 2.97 bits per heavy atom. The summed E-state index contributed by atoms with van der Waals surface area (Å²) in [5, 5.41) is 11.4. The molecule has 9 nitrogen and oxygen atoms in total. The summed E-state index contributed by atoms with van der Waals surface area (Å²) in [4.78, 5) is 24.0. The zero-order valence-electron chi connectivity index (χ0n) is 19.6. The number of carbonyl (C=O) groups is 1. The lowest BCUT2D eigenvalue weighted by molar-refractivity contribution is 0.192. The quantitative estimate of drug-likeness (QED) is 0.315. The topological polar surface area (TPSA) is 96.7 Å². The number of carbonyl (C=O) groups excluding carboxylic acids is 1. The van der Waals surface area contributed by atoms with Gasteiger partial charge < -0.3 is 20.3 Å². The first-order valence-electron chi connectivity index (χ1n) is 11.6. The van der Waals surface area contributed by atoms with Crippen LogP contribution < -0.4 is 15.4 Å². The molecule has 1 saturated heterocycles. The number of amides is 2. The van der Waals surface area contributed by atoms with E-state index < -0.39 is 0 Å². The van der Waals surface area contributed by atoms with Crippen molar-refractivity contribution >= 4 is 50.7 Å². The first kappa shape index (κ1) is 24.3. The molecule has 5 rings (SSSR count). The first-order valence-corrected chi connectivity index (χ1v) is 12.8. The highest BCUT2D eigenvalue weighted by atomic mass is 79.9. The number of anilines is 2. The smallest absolute Gasteiger partial charge is 0.321 e. The van der Waals surface area contributed by atoms with Crippen LogP contribution in [0.2, 0.25) is 5.02 Å². The van der Waals surface area contributed by atoms with Crippen LogP contribution in [-0.4, -0.2) is 50.7 Å². The highest BCUT2D eigenvalue weighted by Crippen LogP contribution is 2.32. The van der Waals surface area contributed by atoms with E-state index in [0.29, 0.717) is 36.1 Å². The second kappa shape index (κ2) is 10.7. The molecule has 0 aliphatic carbocycles. The molecule has 1 fully saturated rings. The van der Waals surface area contributed by atoms with Gasteiger partial charge in [0.15, 0.2) is 5.65 Å². The standard InChI is InChI=1S/C25H25BrClN7O2/c1-36-22-7-6-18(27)10-21(22)32-25(35)33-9-3-5-17(15-33)20-11-23(29-13-16-4-2-8-28-12-16)34-24(31-20)19(26)14-30-34/h2,4,6-8,10-12,14,17,29H,3,5,9,13,15H2,1H3,(H,32,35). The van der Waals surface area contributed by atoms with Gasteiger partial charge in [0.05, 0.1) is 29.2 Å². The Bertz CT molecular complexity index is 1380. The fourth-order valence-corrected chi connectivity index (χ4v) is 4.88. The first-order chi connectivity index (χ1) is 17.5. The number of nitrogens with one attached hydrogen (secondary N) is 2. The van der Waals surface area contributed by atoms with Crippen molar-refractivity contribution in [2.24, 2.45) is 0 Å². The summed E-state index contributed by atoms with van der Waals surface area (Å²) in [5.41, 5.74) is 3.25. The largest absolute Gasteiger partial charge is 0.495 e. The molecule has 0 bridgehead atoms. The summed E-state index contributed by atoms with van der Waals surface area (Å²) in [7, 11) is 1.56. The predicted molar refractivity (Wildman–Crippen MR) is 143 cm³/mol. The van der Waals surface area contributed by atoms with Gasteiger partial charge in [0.2, 0.25) is 0 Å². The van der Waals surface area contributed by atoms with Gasteiger partial charge in [-0.3, -0.25) is 4.98 Å². The van der Waals surface area contributed by atoms with Crippen molar-refractivity contribution < 1.29 is 9.53 Å². The van der Waals surface area contributed by atoms with Crippen LogP contribution in [0, 0.1) is 0 Å². The summed E-state index contributed by atoms with van der Waals surface area (Å²) in [6.07, 6.45) is 7.13. The lowest BCUT2D eigenvalue weighted by Gasteiger charge is -2.33. The number of ether oxygens (including phenoxy) is 1. The number of fused-ring (bicyclic) bond motifs is 1. The molecule has 186 valence electrons. The van der Waals surface area contributed by atoms with E-state index in [-0.39, 0.29) is 11.9 Å². The van der Waals surface area contributed by atoms with Crippen LogP contribution in [0.3, 0.4) is 0 Å². The molecule has 2 amide bonds. The molecule has 4 aromatic rings. The Hall–Kier alpha value is -3.37. The Balaban J connectivity index is 1.36. The Kier molecular flexibility index (Phi) is 7.24. The third kappa shape index (κ3) is 5.24. The van der Waals surface area contributed by atoms with E-state index in [9.17, 15) is 4.79 Å². The number of pyridine rings is 1. The van der Waals surface area contributed by atoms with Gasteiger partial charge in [0.25, 0.3) is 0 Å². The van der Waals surface area contributed by atoms with Gasteiger partial charge in [0.1, 0.15) is 11.6 Å². The summed E-state index contributed by atoms with van der Waals surface area (Å²) >= 11 is 9.69. The van der Waals surface area contributed by atoms with E-state index in [2.05, 4.69) is 36.6 Å². The fourth-order valence-electron chi connectivity index (χ4n) is 4.36. The van der Waals surface area contributed by atoms with Crippen molar-refractivity contribution in [2.45, 2.75) is 25.3 Å². The zero-order chi connectivity index (χ0) is 25.1. The third-order valence-corrected chi connectivity index (χ3v) is 6.97. The second-order valence-corrected chi connectivity index (χ2v) is 9.86. The Labute approximate surface area is 222 Å². The van der Waals surface area contributed by atoms with Crippen LogP contribution in [0.5, 0.6) is 5.75 Å². The van der Waals surface area contributed by atoms with E-state index in [1.165, 1.54) is 0 Å².